The van der Waals surface area contributed by atoms with E-state index in [1.54, 1.807) is 4.90 Å². The number of anilines is 1. The van der Waals surface area contributed by atoms with Gasteiger partial charge >= 0.3 is 6.09 Å². The van der Waals surface area contributed by atoms with Crippen LogP contribution in [-0.2, 0) is 17.7 Å². The van der Waals surface area contributed by atoms with E-state index in [9.17, 15) is 4.79 Å². The van der Waals surface area contributed by atoms with Crippen LogP contribution in [0.25, 0.3) is 27.5 Å². The van der Waals surface area contributed by atoms with Crippen LogP contribution < -0.4 is 5.73 Å². The van der Waals surface area contributed by atoms with Gasteiger partial charge in [-0.1, -0.05) is 42.5 Å². The highest BCUT2D eigenvalue weighted by Gasteiger charge is 2.23. The van der Waals surface area contributed by atoms with Crippen molar-refractivity contribution in [3.05, 3.63) is 78.4 Å². The average Bonchev–Trinajstić information content (AvgIpc) is 3.54. The Bertz CT molecular complexity index is 1600. The van der Waals surface area contributed by atoms with Crippen molar-refractivity contribution in [2.75, 3.05) is 25.9 Å². The number of benzene rings is 2. The average molecular weight is 524 g/mol. The lowest BCUT2D eigenvalue weighted by Crippen LogP contribution is -2.38. The minimum absolute atomic E-state index is 0.223. The number of likely N-dealkylation sites (tertiary alicyclic amines) is 1. The van der Waals surface area contributed by atoms with Crippen LogP contribution in [0.3, 0.4) is 0 Å². The van der Waals surface area contributed by atoms with E-state index in [1.165, 1.54) is 19.0 Å². The smallest absolute Gasteiger partial charge is 0.409 e. The quantitative estimate of drug-likeness (QED) is 0.315. The molecule has 0 bridgehead atoms. The summed E-state index contributed by atoms with van der Waals surface area (Å²) in [6, 6.07) is 18.9. The number of carbonyl (C=O) groups excluding carboxylic acids is 1. The molecule has 3 aromatic heterocycles. The number of rotatable bonds is 7. The number of amides is 1. The molecule has 200 valence electrons. The Morgan fingerprint density at radius 2 is 1.92 bits per heavy atom. The van der Waals surface area contributed by atoms with Gasteiger partial charge in [0.15, 0.2) is 5.82 Å². The van der Waals surface area contributed by atoms with Gasteiger partial charge < -0.3 is 15.4 Å². The van der Waals surface area contributed by atoms with E-state index >= 15 is 0 Å². The van der Waals surface area contributed by atoms with Gasteiger partial charge in [0, 0.05) is 35.9 Å². The molecule has 9 nitrogen and oxygen atoms in total. The van der Waals surface area contributed by atoms with Gasteiger partial charge in [-0.2, -0.15) is 10.2 Å². The third-order valence-corrected chi connectivity index (χ3v) is 7.80. The maximum Gasteiger partial charge on any atom is 0.409 e. The fraction of sp³-hybridized carbons (Fsp3) is 0.333. The number of ether oxygens (including phenoxy) is 1. The van der Waals surface area contributed by atoms with Crippen molar-refractivity contribution in [2.45, 2.75) is 38.6 Å². The number of nitrogens with two attached hydrogens (primary N) is 1. The van der Waals surface area contributed by atoms with Gasteiger partial charge in [-0.3, -0.25) is 4.68 Å². The Balaban J connectivity index is 1.20. The molecule has 9 heteroatoms. The van der Waals surface area contributed by atoms with Crippen molar-refractivity contribution in [3.8, 4) is 11.1 Å². The Hall–Kier alpha value is -4.40. The summed E-state index contributed by atoms with van der Waals surface area (Å²) in [5.74, 6) is 1.08. The van der Waals surface area contributed by atoms with Crippen LogP contribution in [0.1, 0.15) is 36.9 Å². The zero-order valence-corrected chi connectivity index (χ0v) is 22.2. The highest BCUT2D eigenvalue weighted by Crippen LogP contribution is 2.33. The lowest BCUT2D eigenvalue weighted by Gasteiger charge is -2.30. The van der Waals surface area contributed by atoms with Gasteiger partial charge in [0.05, 0.1) is 19.2 Å². The normalized spacial score (nSPS) is 14.3. The summed E-state index contributed by atoms with van der Waals surface area (Å²) in [6.07, 6.45) is 8.46. The number of methoxy groups -OCH3 is 1. The molecule has 5 aromatic rings. The topological polar surface area (TPSA) is 104 Å². The molecule has 2 aromatic carbocycles. The third kappa shape index (κ3) is 5.16. The summed E-state index contributed by atoms with van der Waals surface area (Å²) in [7, 11) is 1.44. The zero-order valence-electron chi connectivity index (χ0n) is 22.2. The molecule has 39 heavy (non-hydrogen) atoms. The number of aromatic nitrogens is 5. The molecule has 1 saturated heterocycles. The minimum atomic E-state index is -0.223. The number of fused-ring (bicyclic) bond motifs is 2. The van der Waals surface area contributed by atoms with Crippen molar-refractivity contribution in [3.63, 3.8) is 0 Å². The van der Waals surface area contributed by atoms with Crippen LogP contribution in [0, 0.1) is 5.92 Å². The summed E-state index contributed by atoms with van der Waals surface area (Å²) in [6.45, 7) is 2.26. The van der Waals surface area contributed by atoms with Crippen LogP contribution in [-0.4, -0.2) is 55.6 Å². The molecule has 0 unspecified atom stereocenters. The van der Waals surface area contributed by atoms with Crippen LogP contribution in [0.15, 0.2) is 67.1 Å². The number of aryl methyl sites for hydroxylation is 1. The Morgan fingerprint density at radius 1 is 1.10 bits per heavy atom. The maximum absolute atomic E-state index is 11.8. The summed E-state index contributed by atoms with van der Waals surface area (Å²) in [5.41, 5.74) is 12.6. The van der Waals surface area contributed by atoms with Crippen molar-refractivity contribution >= 4 is 28.3 Å². The highest BCUT2D eigenvalue weighted by molar-refractivity contribution is 5.92. The largest absolute Gasteiger partial charge is 0.453 e. The van der Waals surface area contributed by atoms with Crippen molar-refractivity contribution in [2.24, 2.45) is 5.92 Å². The Kier molecular flexibility index (Phi) is 6.87. The van der Waals surface area contributed by atoms with Crippen LogP contribution in [0.4, 0.5) is 10.6 Å². The van der Waals surface area contributed by atoms with Crippen molar-refractivity contribution < 1.29 is 9.53 Å². The second-order valence-electron chi connectivity index (χ2n) is 10.3. The van der Waals surface area contributed by atoms with E-state index in [0.717, 1.165) is 85.0 Å². The number of carbonyl (C=O) groups is 1. The Labute approximate surface area is 227 Å². The van der Waals surface area contributed by atoms with E-state index < -0.39 is 0 Å². The molecule has 1 amide bonds. The van der Waals surface area contributed by atoms with Gasteiger partial charge in [0.25, 0.3) is 0 Å². The lowest BCUT2D eigenvalue weighted by atomic mass is 9.91. The molecule has 0 saturated carbocycles. The molecular weight excluding hydrogens is 490 g/mol. The van der Waals surface area contributed by atoms with Gasteiger partial charge in [-0.15, -0.1) is 0 Å². The number of piperidine rings is 1. The van der Waals surface area contributed by atoms with Crippen LogP contribution >= 0.6 is 0 Å². The summed E-state index contributed by atoms with van der Waals surface area (Å²) in [4.78, 5) is 17.8. The molecule has 0 aliphatic carbocycles. The molecule has 0 spiro atoms. The maximum atomic E-state index is 11.8. The van der Waals surface area contributed by atoms with E-state index in [1.807, 2.05) is 27.4 Å². The van der Waals surface area contributed by atoms with E-state index in [-0.39, 0.29) is 6.09 Å². The van der Waals surface area contributed by atoms with Gasteiger partial charge in [0.2, 0.25) is 0 Å². The predicted molar refractivity (Wildman–Crippen MR) is 151 cm³/mol. The lowest BCUT2D eigenvalue weighted by molar-refractivity contribution is 0.104. The first-order valence-corrected chi connectivity index (χ1v) is 13.5. The molecule has 6 rings (SSSR count). The minimum Gasteiger partial charge on any atom is -0.453 e. The van der Waals surface area contributed by atoms with Gasteiger partial charge in [-0.05, 0) is 61.3 Å². The monoisotopic (exact) mass is 523 g/mol. The highest BCUT2D eigenvalue weighted by atomic mass is 16.5. The first kappa shape index (κ1) is 24.9. The SMILES string of the molecule is COC(=O)N1CCC(CCCc2cc(-c3ccc4cn(Cc5ccccc5)nc4c3)c3c(N)ncnn23)CC1. The van der Waals surface area contributed by atoms with E-state index in [2.05, 4.69) is 52.7 Å². The van der Waals surface area contributed by atoms with Crippen molar-refractivity contribution in [1.82, 2.24) is 29.3 Å². The summed E-state index contributed by atoms with van der Waals surface area (Å²) in [5, 5.41) is 10.5. The zero-order chi connectivity index (χ0) is 26.8. The number of hydrogen-bond acceptors (Lipinski definition) is 6. The second kappa shape index (κ2) is 10.8. The summed E-state index contributed by atoms with van der Waals surface area (Å²) >= 11 is 0. The fourth-order valence-electron chi connectivity index (χ4n) is 5.72. The first-order chi connectivity index (χ1) is 19.1. The first-order valence-electron chi connectivity index (χ1n) is 13.5. The standard InChI is InChI=1S/C30H33N7O2/c1-39-30(38)35-14-12-21(13-15-35)8-5-9-25-17-26(28-29(31)32-20-33-37(25)28)23-10-11-24-19-36(34-27(24)16-23)18-22-6-3-2-4-7-22/h2-4,6-7,10-11,16-17,19-21H,5,8-9,12-15,18H2,1H3,(H2,31,32,33). The van der Waals surface area contributed by atoms with E-state index in [4.69, 9.17) is 15.6 Å². The second-order valence-corrected chi connectivity index (χ2v) is 10.3. The third-order valence-electron chi connectivity index (χ3n) is 7.80. The number of nitrogen functional groups attached to an aromatic ring is 1. The predicted octanol–water partition coefficient (Wildman–Crippen LogP) is 5.18. The molecule has 1 aliphatic rings. The molecular formula is C30H33N7O2. The number of hydrogen-bond donors (Lipinski definition) is 1. The summed E-state index contributed by atoms with van der Waals surface area (Å²) < 4.78 is 8.79. The molecule has 2 N–H and O–H groups in total. The molecule has 1 fully saturated rings. The van der Waals surface area contributed by atoms with E-state index in [0.29, 0.717) is 11.7 Å². The van der Waals surface area contributed by atoms with Crippen molar-refractivity contribution in [1.29, 1.82) is 0 Å². The fourth-order valence-corrected chi connectivity index (χ4v) is 5.72. The Morgan fingerprint density at radius 3 is 2.72 bits per heavy atom. The molecule has 4 heterocycles. The molecule has 1 aliphatic heterocycles. The number of nitrogens with zero attached hydrogens (tertiary/aromatic N) is 6. The van der Waals surface area contributed by atoms with Gasteiger partial charge in [0.1, 0.15) is 11.8 Å². The van der Waals surface area contributed by atoms with Crippen LogP contribution in [0.2, 0.25) is 0 Å². The molecule has 0 radical (unpaired) electrons. The van der Waals surface area contributed by atoms with Crippen LogP contribution in [0.5, 0.6) is 0 Å². The molecule has 0 atom stereocenters. The van der Waals surface area contributed by atoms with Gasteiger partial charge in [-0.25, -0.2) is 14.3 Å².